The summed E-state index contributed by atoms with van der Waals surface area (Å²) in [4.78, 5) is 37.7. The van der Waals surface area contributed by atoms with Gasteiger partial charge in [-0.05, 0) is 24.3 Å². The molecule has 0 aromatic heterocycles. The van der Waals surface area contributed by atoms with E-state index in [1.165, 1.54) is 0 Å². The van der Waals surface area contributed by atoms with E-state index < -0.39 is 17.7 Å². The van der Waals surface area contributed by atoms with E-state index in [-0.39, 0.29) is 12.1 Å². The lowest BCUT2D eigenvalue weighted by molar-refractivity contribution is -0.115. The Labute approximate surface area is 131 Å². The number of hydrogen-bond donors (Lipinski definition) is 1. The molecule has 2 aromatic carbocycles. The van der Waals surface area contributed by atoms with Gasteiger partial charge in [0.1, 0.15) is 6.42 Å². The number of amides is 3. The topological polar surface area (TPSA) is 90.3 Å². The second-order valence-corrected chi connectivity index (χ2v) is 4.89. The number of benzene rings is 2. The molecule has 23 heavy (non-hydrogen) atoms. The molecule has 0 atom stereocenters. The maximum absolute atomic E-state index is 12.5. The van der Waals surface area contributed by atoms with Crippen molar-refractivity contribution >= 4 is 29.1 Å². The van der Waals surface area contributed by atoms with Gasteiger partial charge in [0.15, 0.2) is 0 Å². The lowest BCUT2D eigenvalue weighted by atomic mass is 10.1. The van der Waals surface area contributed by atoms with Gasteiger partial charge in [-0.2, -0.15) is 5.26 Å². The van der Waals surface area contributed by atoms with Gasteiger partial charge in [0.2, 0.25) is 5.91 Å². The number of nitrogens with one attached hydrogen (secondary N) is 1. The molecular weight excluding hydrogens is 294 g/mol. The third kappa shape index (κ3) is 2.45. The van der Waals surface area contributed by atoms with Gasteiger partial charge in [0, 0.05) is 0 Å². The summed E-state index contributed by atoms with van der Waals surface area (Å²) in [7, 11) is 0. The third-order valence-electron chi connectivity index (χ3n) is 3.45. The van der Waals surface area contributed by atoms with Crippen LogP contribution in [0.25, 0.3) is 0 Å². The van der Waals surface area contributed by atoms with E-state index in [0.29, 0.717) is 16.8 Å². The highest BCUT2D eigenvalue weighted by Crippen LogP contribution is 2.33. The minimum atomic E-state index is -0.503. The first-order chi connectivity index (χ1) is 11.1. The summed E-state index contributed by atoms with van der Waals surface area (Å²) in [5.41, 5.74) is 1.25. The maximum atomic E-state index is 12.5. The third-order valence-corrected chi connectivity index (χ3v) is 3.45. The summed E-state index contributed by atoms with van der Waals surface area (Å²) >= 11 is 0. The minimum absolute atomic E-state index is 0.282. The Morgan fingerprint density at radius 3 is 2.17 bits per heavy atom. The standard InChI is InChI=1S/C17H11N3O3/c18-10-9-15(21)19-13-7-3-4-8-14(13)20-16(22)11-5-1-2-6-12(11)17(20)23/h1-8H,9H2,(H,19,21). The number of rotatable bonds is 3. The van der Waals surface area contributed by atoms with Crippen LogP contribution in [0.15, 0.2) is 48.5 Å². The van der Waals surface area contributed by atoms with Gasteiger partial charge in [0.05, 0.1) is 28.6 Å². The Balaban J connectivity index is 2.01. The molecule has 3 amide bonds. The van der Waals surface area contributed by atoms with Gasteiger partial charge >= 0.3 is 0 Å². The van der Waals surface area contributed by atoms with E-state index in [1.807, 2.05) is 0 Å². The van der Waals surface area contributed by atoms with Gasteiger partial charge in [-0.25, -0.2) is 4.90 Å². The van der Waals surface area contributed by atoms with E-state index in [2.05, 4.69) is 5.32 Å². The lowest BCUT2D eigenvalue weighted by Gasteiger charge is -2.18. The van der Waals surface area contributed by atoms with Crippen LogP contribution in [0.1, 0.15) is 27.1 Å². The van der Waals surface area contributed by atoms with E-state index in [1.54, 1.807) is 54.6 Å². The summed E-state index contributed by atoms with van der Waals surface area (Å²) in [6, 6.07) is 14.8. The fourth-order valence-corrected chi connectivity index (χ4v) is 2.45. The van der Waals surface area contributed by atoms with Gasteiger partial charge in [0.25, 0.3) is 11.8 Å². The molecule has 1 heterocycles. The molecule has 2 aromatic rings. The second-order valence-electron chi connectivity index (χ2n) is 4.89. The highest BCUT2D eigenvalue weighted by atomic mass is 16.2. The Morgan fingerprint density at radius 1 is 1.00 bits per heavy atom. The number of para-hydroxylation sites is 2. The molecule has 3 rings (SSSR count). The fourth-order valence-electron chi connectivity index (χ4n) is 2.45. The summed E-state index contributed by atoms with van der Waals surface area (Å²) in [5.74, 6) is -1.38. The van der Waals surface area contributed by atoms with Crippen molar-refractivity contribution in [3.05, 3.63) is 59.7 Å². The zero-order valence-corrected chi connectivity index (χ0v) is 11.9. The van der Waals surface area contributed by atoms with Gasteiger partial charge in [-0.15, -0.1) is 0 Å². The molecule has 0 fully saturated rings. The molecule has 0 aliphatic carbocycles. The van der Waals surface area contributed by atoms with E-state index in [9.17, 15) is 14.4 Å². The summed E-state index contributed by atoms with van der Waals surface area (Å²) in [5, 5.41) is 11.1. The lowest BCUT2D eigenvalue weighted by Crippen LogP contribution is -2.30. The maximum Gasteiger partial charge on any atom is 0.266 e. The average Bonchev–Trinajstić information content (AvgIpc) is 2.80. The minimum Gasteiger partial charge on any atom is -0.323 e. The number of nitrogens with zero attached hydrogens (tertiary/aromatic N) is 2. The summed E-state index contributed by atoms with van der Waals surface area (Å²) < 4.78 is 0. The van der Waals surface area contributed by atoms with E-state index in [0.717, 1.165) is 4.90 Å². The molecule has 1 aliphatic rings. The number of imide groups is 1. The summed E-state index contributed by atoms with van der Waals surface area (Å²) in [6.07, 6.45) is -0.309. The molecule has 6 heteroatoms. The van der Waals surface area contributed by atoms with Crippen molar-refractivity contribution < 1.29 is 14.4 Å². The monoisotopic (exact) mass is 305 g/mol. The zero-order valence-electron chi connectivity index (χ0n) is 11.9. The largest absolute Gasteiger partial charge is 0.323 e. The number of carbonyl (C=O) groups is 3. The molecule has 0 radical (unpaired) electrons. The zero-order chi connectivity index (χ0) is 16.4. The highest BCUT2D eigenvalue weighted by Gasteiger charge is 2.37. The average molecular weight is 305 g/mol. The predicted molar refractivity (Wildman–Crippen MR) is 82.9 cm³/mol. The van der Waals surface area contributed by atoms with Crippen LogP contribution >= 0.6 is 0 Å². The van der Waals surface area contributed by atoms with Crippen LogP contribution in [0.3, 0.4) is 0 Å². The van der Waals surface area contributed by atoms with E-state index in [4.69, 9.17) is 5.26 Å². The van der Waals surface area contributed by atoms with Gasteiger partial charge < -0.3 is 5.32 Å². The molecule has 0 saturated heterocycles. The molecule has 0 spiro atoms. The van der Waals surface area contributed by atoms with Crippen molar-refractivity contribution in [3.63, 3.8) is 0 Å². The Bertz CT molecular complexity index is 832. The van der Waals surface area contributed by atoms with Crippen molar-refractivity contribution in [2.45, 2.75) is 6.42 Å². The molecule has 1 N–H and O–H groups in total. The molecule has 0 saturated carbocycles. The quantitative estimate of drug-likeness (QED) is 0.881. The smallest absolute Gasteiger partial charge is 0.266 e. The van der Waals surface area contributed by atoms with Crippen molar-refractivity contribution in [2.24, 2.45) is 0 Å². The molecule has 1 aliphatic heterocycles. The Kier molecular flexibility index (Phi) is 3.61. The predicted octanol–water partition coefficient (Wildman–Crippen LogP) is 2.34. The van der Waals surface area contributed by atoms with Crippen LogP contribution in [0, 0.1) is 11.3 Å². The molecule has 0 unspecified atom stereocenters. The molecule has 112 valence electrons. The normalized spacial score (nSPS) is 12.7. The van der Waals surface area contributed by atoms with Crippen LogP contribution in [0.2, 0.25) is 0 Å². The highest BCUT2D eigenvalue weighted by molar-refractivity contribution is 6.35. The SMILES string of the molecule is N#CCC(=O)Nc1ccccc1N1C(=O)c2ccccc2C1=O. The number of anilines is 2. The fraction of sp³-hybridized carbons (Fsp3) is 0.0588. The first-order valence-electron chi connectivity index (χ1n) is 6.87. The van der Waals surface area contributed by atoms with E-state index >= 15 is 0 Å². The van der Waals surface area contributed by atoms with Crippen LogP contribution < -0.4 is 10.2 Å². The number of nitriles is 1. The molecule has 6 nitrogen and oxygen atoms in total. The second kappa shape index (κ2) is 5.73. The number of fused-ring (bicyclic) bond motifs is 1. The first-order valence-corrected chi connectivity index (χ1v) is 6.87. The Hall–Kier alpha value is -3.46. The van der Waals surface area contributed by atoms with Crippen LogP contribution in [-0.2, 0) is 4.79 Å². The first kappa shape index (κ1) is 14.5. The van der Waals surface area contributed by atoms with Gasteiger partial charge in [-0.3, -0.25) is 14.4 Å². The van der Waals surface area contributed by atoms with Crippen LogP contribution in [-0.4, -0.2) is 17.7 Å². The Morgan fingerprint density at radius 2 is 1.57 bits per heavy atom. The van der Waals surface area contributed by atoms with Crippen molar-refractivity contribution in [3.8, 4) is 6.07 Å². The number of carbonyl (C=O) groups excluding carboxylic acids is 3. The summed E-state index contributed by atoms with van der Waals surface area (Å²) in [6.45, 7) is 0. The molecule has 0 bridgehead atoms. The molecular formula is C17H11N3O3. The van der Waals surface area contributed by atoms with Crippen LogP contribution in [0.4, 0.5) is 11.4 Å². The van der Waals surface area contributed by atoms with Crippen molar-refractivity contribution in [2.75, 3.05) is 10.2 Å². The van der Waals surface area contributed by atoms with Crippen molar-refractivity contribution in [1.82, 2.24) is 0 Å². The van der Waals surface area contributed by atoms with Gasteiger partial charge in [-0.1, -0.05) is 24.3 Å². The van der Waals surface area contributed by atoms with Crippen LogP contribution in [0.5, 0.6) is 0 Å². The number of hydrogen-bond acceptors (Lipinski definition) is 4. The van der Waals surface area contributed by atoms with Crippen molar-refractivity contribution in [1.29, 1.82) is 5.26 Å².